The third kappa shape index (κ3) is 0.971. The van der Waals surface area contributed by atoms with Crippen molar-refractivity contribution >= 4 is 0 Å². The molecule has 2 unspecified atom stereocenters. The Morgan fingerprint density at radius 2 is 1.88 bits per heavy atom. The van der Waals surface area contributed by atoms with Crippen molar-refractivity contribution in [2.75, 3.05) is 0 Å². The van der Waals surface area contributed by atoms with Crippen molar-refractivity contribution in [2.24, 2.45) is 5.92 Å². The summed E-state index contributed by atoms with van der Waals surface area (Å²) in [5.41, 5.74) is 1.15. The molecule has 0 saturated carbocycles. The predicted octanol–water partition coefficient (Wildman–Crippen LogP) is 3.50. The minimum atomic E-state index is 0.524. The summed E-state index contributed by atoms with van der Waals surface area (Å²) in [6.45, 7) is 2.56. The summed E-state index contributed by atoms with van der Waals surface area (Å²) in [4.78, 5) is 2.99. The van der Waals surface area contributed by atoms with E-state index < -0.39 is 0 Å². The fourth-order valence-corrected chi connectivity index (χ4v) is 5.52. The summed E-state index contributed by atoms with van der Waals surface area (Å²) in [6.07, 6.45) is 16.8. The van der Waals surface area contributed by atoms with Gasteiger partial charge in [-0.2, -0.15) is 0 Å². The summed E-state index contributed by atoms with van der Waals surface area (Å²) in [6, 6.07) is 0.788. The number of hydrogen-bond acceptors (Lipinski definition) is 1. The van der Waals surface area contributed by atoms with Crippen molar-refractivity contribution in [3.63, 3.8) is 0 Å². The van der Waals surface area contributed by atoms with Gasteiger partial charge in [0.2, 0.25) is 0 Å². The Labute approximate surface area is 98.9 Å². The van der Waals surface area contributed by atoms with Gasteiger partial charge in [-0.25, -0.2) is 0 Å². The van der Waals surface area contributed by atoms with Crippen LogP contribution in [0.1, 0.15) is 58.3 Å². The summed E-state index contributed by atoms with van der Waals surface area (Å²) >= 11 is 0. The van der Waals surface area contributed by atoms with E-state index in [1.807, 2.05) is 0 Å². The van der Waals surface area contributed by atoms with E-state index in [0.29, 0.717) is 11.1 Å². The number of rotatable bonds is 0. The van der Waals surface area contributed by atoms with Gasteiger partial charge in [-0.15, -0.1) is 0 Å². The molecule has 1 heteroatoms. The molecular formula is C15H23N. The Kier molecular flexibility index (Phi) is 1.78. The summed E-state index contributed by atoms with van der Waals surface area (Å²) in [5, 5.41) is 0. The molecule has 3 fully saturated rings. The van der Waals surface area contributed by atoms with Crippen molar-refractivity contribution in [3.8, 4) is 0 Å². The Morgan fingerprint density at radius 3 is 2.81 bits per heavy atom. The Hall–Kier alpha value is -0.300. The molecule has 0 aromatic heterocycles. The molecule has 4 heterocycles. The van der Waals surface area contributed by atoms with Gasteiger partial charge in [-0.05, 0) is 64.2 Å². The lowest BCUT2D eigenvalue weighted by molar-refractivity contribution is -0.157. The molecule has 0 amide bonds. The summed E-state index contributed by atoms with van der Waals surface area (Å²) in [7, 11) is 0. The highest BCUT2D eigenvalue weighted by atomic mass is 15.3. The SMILES string of the molecule is CC12CCC[C@@]34CCCC(C=C[C@H]1CC3)N24. The number of piperidine rings is 3. The second kappa shape index (κ2) is 2.93. The molecule has 4 bridgehead atoms. The lowest BCUT2D eigenvalue weighted by Crippen LogP contribution is -2.73. The minimum absolute atomic E-state index is 0.524. The lowest BCUT2D eigenvalue weighted by atomic mass is 9.58. The molecule has 16 heavy (non-hydrogen) atoms. The highest BCUT2D eigenvalue weighted by molar-refractivity contribution is 5.23. The zero-order valence-corrected chi connectivity index (χ0v) is 10.4. The molecule has 0 aromatic carbocycles. The molecule has 4 aliphatic rings. The summed E-state index contributed by atoms with van der Waals surface area (Å²) < 4.78 is 0. The van der Waals surface area contributed by atoms with Gasteiger partial charge in [0.1, 0.15) is 0 Å². The van der Waals surface area contributed by atoms with Crippen LogP contribution >= 0.6 is 0 Å². The van der Waals surface area contributed by atoms with E-state index in [1.54, 1.807) is 0 Å². The Balaban J connectivity index is 1.89. The first-order chi connectivity index (χ1) is 7.75. The zero-order valence-electron chi connectivity index (χ0n) is 10.4. The molecule has 0 spiro atoms. The van der Waals surface area contributed by atoms with Gasteiger partial charge in [0.15, 0.2) is 0 Å². The summed E-state index contributed by atoms with van der Waals surface area (Å²) in [5.74, 6) is 0.857. The van der Waals surface area contributed by atoms with Crippen LogP contribution in [0.4, 0.5) is 0 Å². The first-order valence-corrected chi connectivity index (χ1v) is 7.22. The van der Waals surface area contributed by atoms with E-state index >= 15 is 0 Å². The highest BCUT2D eigenvalue weighted by Gasteiger charge is 2.59. The maximum absolute atomic E-state index is 2.99. The smallest absolute Gasteiger partial charge is 0.0289 e. The van der Waals surface area contributed by atoms with Gasteiger partial charge in [0.05, 0.1) is 0 Å². The minimum Gasteiger partial charge on any atom is -0.285 e. The predicted molar refractivity (Wildman–Crippen MR) is 66.3 cm³/mol. The second-order valence-corrected chi connectivity index (χ2v) is 6.79. The van der Waals surface area contributed by atoms with Crippen LogP contribution < -0.4 is 0 Å². The Bertz CT molecular complexity index is 343. The van der Waals surface area contributed by atoms with Gasteiger partial charge in [0, 0.05) is 17.1 Å². The molecule has 0 aliphatic carbocycles. The van der Waals surface area contributed by atoms with E-state index in [4.69, 9.17) is 0 Å². The molecular weight excluding hydrogens is 194 g/mol. The largest absolute Gasteiger partial charge is 0.285 e. The molecule has 0 radical (unpaired) electrons. The average molecular weight is 217 g/mol. The molecule has 0 N–H and O–H groups in total. The van der Waals surface area contributed by atoms with Crippen LogP contribution in [0, 0.1) is 5.92 Å². The van der Waals surface area contributed by atoms with Crippen LogP contribution in [0.15, 0.2) is 12.2 Å². The fraction of sp³-hybridized carbons (Fsp3) is 0.867. The molecule has 4 atom stereocenters. The topological polar surface area (TPSA) is 3.24 Å². The fourth-order valence-electron chi connectivity index (χ4n) is 5.52. The third-order valence-corrected chi connectivity index (χ3v) is 6.15. The molecule has 0 aromatic rings. The van der Waals surface area contributed by atoms with Crippen molar-refractivity contribution in [2.45, 2.75) is 75.4 Å². The monoisotopic (exact) mass is 217 g/mol. The lowest BCUT2D eigenvalue weighted by Gasteiger charge is -2.68. The number of nitrogens with zero attached hydrogens (tertiary/aromatic N) is 1. The number of hydrogen-bond donors (Lipinski definition) is 0. The normalized spacial score (nSPS) is 55.1. The van der Waals surface area contributed by atoms with Crippen molar-refractivity contribution in [1.29, 1.82) is 0 Å². The standard InChI is InChI=1S/C15H23N/c1-14-8-3-10-15-9-2-4-13(16(14)15)6-5-12(14)7-11-15/h5-6,12-13H,2-4,7-11H2,1H3/t12-,13?,14?,15-/m0/s1. The van der Waals surface area contributed by atoms with Crippen molar-refractivity contribution in [1.82, 2.24) is 4.90 Å². The maximum Gasteiger partial charge on any atom is 0.0289 e. The van der Waals surface area contributed by atoms with Gasteiger partial charge >= 0.3 is 0 Å². The van der Waals surface area contributed by atoms with Crippen molar-refractivity contribution in [3.05, 3.63) is 12.2 Å². The van der Waals surface area contributed by atoms with Crippen LogP contribution in [-0.4, -0.2) is 22.0 Å². The van der Waals surface area contributed by atoms with Crippen molar-refractivity contribution < 1.29 is 0 Å². The van der Waals surface area contributed by atoms with Gasteiger partial charge in [-0.3, -0.25) is 4.90 Å². The van der Waals surface area contributed by atoms with E-state index in [0.717, 1.165) is 12.0 Å². The first-order valence-electron chi connectivity index (χ1n) is 7.22. The van der Waals surface area contributed by atoms with Crippen LogP contribution in [0.2, 0.25) is 0 Å². The van der Waals surface area contributed by atoms with Gasteiger partial charge in [-0.1, -0.05) is 12.2 Å². The van der Waals surface area contributed by atoms with Crippen LogP contribution in [-0.2, 0) is 0 Å². The van der Waals surface area contributed by atoms with E-state index in [2.05, 4.69) is 24.0 Å². The molecule has 4 aliphatic heterocycles. The molecule has 88 valence electrons. The van der Waals surface area contributed by atoms with Crippen LogP contribution in [0.5, 0.6) is 0 Å². The Morgan fingerprint density at radius 1 is 1.00 bits per heavy atom. The van der Waals surface area contributed by atoms with Gasteiger partial charge < -0.3 is 0 Å². The second-order valence-electron chi connectivity index (χ2n) is 6.79. The maximum atomic E-state index is 2.99. The van der Waals surface area contributed by atoms with Gasteiger partial charge in [0.25, 0.3) is 0 Å². The molecule has 4 rings (SSSR count). The average Bonchev–Trinajstić information content (AvgIpc) is 2.26. The molecule has 3 saturated heterocycles. The molecule has 1 nitrogen and oxygen atoms in total. The van der Waals surface area contributed by atoms with Crippen LogP contribution in [0.3, 0.4) is 0 Å². The van der Waals surface area contributed by atoms with E-state index in [1.165, 1.54) is 51.4 Å². The van der Waals surface area contributed by atoms with E-state index in [-0.39, 0.29) is 0 Å². The first kappa shape index (κ1) is 9.70. The van der Waals surface area contributed by atoms with Crippen LogP contribution in [0.25, 0.3) is 0 Å². The zero-order chi connectivity index (χ0) is 10.8. The third-order valence-electron chi connectivity index (χ3n) is 6.15. The van der Waals surface area contributed by atoms with E-state index in [9.17, 15) is 0 Å². The quantitative estimate of drug-likeness (QED) is 0.561. The highest BCUT2D eigenvalue weighted by Crippen LogP contribution is 2.58.